The molecule has 0 radical (unpaired) electrons. The highest BCUT2D eigenvalue weighted by atomic mass is 32.2. The van der Waals surface area contributed by atoms with Gasteiger partial charge in [-0.25, -0.2) is 13.4 Å². The summed E-state index contributed by atoms with van der Waals surface area (Å²) in [5, 5.41) is 8.99. The Hall–Kier alpha value is -2.19. The van der Waals surface area contributed by atoms with E-state index in [0.29, 0.717) is 0 Å². The Morgan fingerprint density at radius 3 is 2.57 bits per heavy atom. The molecule has 112 valence electrons. The molecule has 8 heteroatoms. The van der Waals surface area contributed by atoms with E-state index in [0.717, 1.165) is 5.56 Å². The monoisotopic (exact) mass is 309 g/mol. The number of hydrogen-bond donors (Lipinski definition) is 2. The first-order chi connectivity index (χ1) is 9.88. The number of aromatic nitrogens is 2. The smallest absolute Gasteiger partial charge is 0.322 e. The summed E-state index contributed by atoms with van der Waals surface area (Å²) in [6.07, 6.45) is 2.70. The minimum Gasteiger partial charge on any atom is -0.480 e. The van der Waals surface area contributed by atoms with Crippen LogP contribution in [0.25, 0.3) is 0 Å². The van der Waals surface area contributed by atoms with Crippen LogP contribution in [0.3, 0.4) is 0 Å². The van der Waals surface area contributed by atoms with E-state index in [1.54, 1.807) is 37.4 Å². The van der Waals surface area contributed by atoms with E-state index in [2.05, 4.69) is 9.71 Å². The van der Waals surface area contributed by atoms with Gasteiger partial charge in [-0.05, 0) is 12.0 Å². The predicted molar refractivity (Wildman–Crippen MR) is 75.1 cm³/mol. The number of aliphatic carboxylic acids is 1. The molecule has 2 rings (SSSR count). The van der Waals surface area contributed by atoms with Crippen molar-refractivity contribution in [2.45, 2.75) is 17.5 Å². The number of rotatable bonds is 6. The highest BCUT2D eigenvalue weighted by Crippen LogP contribution is 2.09. The Kier molecular flexibility index (Phi) is 4.39. The van der Waals surface area contributed by atoms with Gasteiger partial charge >= 0.3 is 5.97 Å². The number of carbonyl (C=O) groups is 1. The summed E-state index contributed by atoms with van der Waals surface area (Å²) >= 11 is 0. The van der Waals surface area contributed by atoms with Crippen LogP contribution in [-0.2, 0) is 28.3 Å². The Balaban J connectivity index is 2.18. The molecule has 1 aromatic carbocycles. The molecule has 2 N–H and O–H groups in total. The molecule has 0 fully saturated rings. The van der Waals surface area contributed by atoms with Crippen molar-refractivity contribution in [3.05, 3.63) is 48.4 Å². The number of carboxylic acids is 1. The van der Waals surface area contributed by atoms with Crippen molar-refractivity contribution in [2.75, 3.05) is 0 Å². The highest BCUT2D eigenvalue weighted by molar-refractivity contribution is 7.89. The molecule has 0 aliphatic heterocycles. The zero-order valence-corrected chi connectivity index (χ0v) is 12.1. The molecular formula is C13H15N3O4S. The van der Waals surface area contributed by atoms with Crippen molar-refractivity contribution in [3.63, 3.8) is 0 Å². The van der Waals surface area contributed by atoms with Crippen LogP contribution >= 0.6 is 0 Å². The van der Waals surface area contributed by atoms with Crippen LogP contribution in [0.1, 0.15) is 5.56 Å². The van der Waals surface area contributed by atoms with Crippen LogP contribution in [0.4, 0.5) is 0 Å². The third kappa shape index (κ3) is 3.89. The normalized spacial score (nSPS) is 13.0. The lowest BCUT2D eigenvalue weighted by Crippen LogP contribution is -2.42. The fourth-order valence-corrected chi connectivity index (χ4v) is 2.97. The lowest BCUT2D eigenvalue weighted by molar-refractivity contribution is -0.138. The fourth-order valence-electron chi connectivity index (χ4n) is 1.80. The van der Waals surface area contributed by atoms with Gasteiger partial charge in [0, 0.05) is 13.2 Å². The van der Waals surface area contributed by atoms with Gasteiger partial charge < -0.3 is 9.67 Å². The first kappa shape index (κ1) is 15.2. The summed E-state index contributed by atoms with van der Waals surface area (Å²) < 4.78 is 27.8. The number of nitrogens with one attached hydrogen (secondary N) is 1. The lowest BCUT2D eigenvalue weighted by atomic mass is 10.1. The van der Waals surface area contributed by atoms with Gasteiger partial charge in [0.15, 0.2) is 5.03 Å². The van der Waals surface area contributed by atoms with E-state index in [-0.39, 0.29) is 11.4 Å². The number of benzene rings is 1. The zero-order valence-electron chi connectivity index (χ0n) is 11.3. The third-order valence-corrected chi connectivity index (χ3v) is 4.19. The third-order valence-electron chi connectivity index (χ3n) is 2.83. The molecule has 21 heavy (non-hydrogen) atoms. The van der Waals surface area contributed by atoms with Crippen molar-refractivity contribution in [2.24, 2.45) is 7.05 Å². The molecule has 0 unspecified atom stereocenters. The van der Waals surface area contributed by atoms with E-state index in [1.807, 2.05) is 0 Å². The number of aryl methyl sites for hydroxylation is 1. The molecule has 7 nitrogen and oxygen atoms in total. The maximum Gasteiger partial charge on any atom is 0.322 e. The van der Waals surface area contributed by atoms with Gasteiger partial charge in [0.1, 0.15) is 6.04 Å². The maximum absolute atomic E-state index is 12.1. The molecule has 1 atom stereocenters. The van der Waals surface area contributed by atoms with Gasteiger partial charge in [-0.2, -0.15) is 4.72 Å². The van der Waals surface area contributed by atoms with Crippen molar-refractivity contribution in [3.8, 4) is 0 Å². The molecule has 0 spiro atoms. The van der Waals surface area contributed by atoms with Crippen LogP contribution < -0.4 is 4.72 Å². The Labute approximate surface area is 122 Å². The first-order valence-electron chi connectivity index (χ1n) is 6.15. The topological polar surface area (TPSA) is 101 Å². The molecule has 0 aliphatic rings. The average Bonchev–Trinajstić information content (AvgIpc) is 2.86. The van der Waals surface area contributed by atoms with E-state index in [1.165, 1.54) is 17.1 Å². The molecule has 2 aromatic rings. The zero-order chi connectivity index (χ0) is 15.5. The van der Waals surface area contributed by atoms with Crippen LogP contribution in [0, 0.1) is 0 Å². The second-order valence-electron chi connectivity index (χ2n) is 4.58. The predicted octanol–water partition coefficient (Wildman–Crippen LogP) is 0.394. The van der Waals surface area contributed by atoms with Crippen molar-refractivity contribution < 1.29 is 18.3 Å². The first-order valence-corrected chi connectivity index (χ1v) is 7.64. The largest absolute Gasteiger partial charge is 0.480 e. The fraction of sp³-hybridized carbons (Fsp3) is 0.231. The van der Waals surface area contributed by atoms with Crippen LogP contribution in [0.2, 0.25) is 0 Å². The van der Waals surface area contributed by atoms with Gasteiger partial charge in [-0.15, -0.1) is 0 Å². The number of sulfonamides is 1. The number of carboxylic acid groups (broad SMARTS) is 1. The van der Waals surface area contributed by atoms with E-state index >= 15 is 0 Å². The molecule has 0 amide bonds. The Morgan fingerprint density at radius 2 is 2.05 bits per heavy atom. The highest BCUT2D eigenvalue weighted by Gasteiger charge is 2.27. The maximum atomic E-state index is 12.1. The second-order valence-corrected chi connectivity index (χ2v) is 6.24. The van der Waals surface area contributed by atoms with E-state index < -0.39 is 22.0 Å². The summed E-state index contributed by atoms with van der Waals surface area (Å²) in [4.78, 5) is 15.0. The second kappa shape index (κ2) is 6.06. The quantitative estimate of drug-likeness (QED) is 0.804. The average molecular weight is 309 g/mol. The minimum absolute atomic E-state index is 0.0578. The molecule has 0 saturated carbocycles. The molecular weight excluding hydrogens is 294 g/mol. The SMILES string of the molecule is Cn1cnc(S(=O)(=O)N[C@H](Cc2ccccc2)C(=O)O)c1. The van der Waals surface area contributed by atoms with Gasteiger partial charge in [0.05, 0.1) is 6.33 Å². The molecule has 0 aliphatic carbocycles. The van der Waals surface area contributed by atoms with Gasteiger partial charge in [0.2, 0.25) is 0 Å². The lowest BCUT2D eigenvalue weighted by Gasteiger charge is -2.13. The van der Waals surface area contributed by atoms with Gasteiger partial charge in [0.25, 0.3) is 10.0 Å². The van der Waals surface area contributed by atoms with Crippen molar-refractivity contribution in [1.82, 2.24) is 14.3 Å². The summed E-state index contributed by atoms with van der Waals surface area (Å²) in [7, 11) is -2.34. The van der Waals surface area contributed by atoms with Crippen LogP contribution in [-0.4, -0.2) is 35.1 Å². The standard InChI is InChI=1S/C13H15N3O4S/c1-16-8-12(14-9-16)21(19,20)15-11(13(17)18)7-10-5-3-2-4-6-10/h2-6,8-9,11,15H,7H2,1H3,(H,17,18)/t11-/m1/s1. The molecule has 1 heterocycles. The minimum atomic E-state index is -3.97. The van der Waals surface area contributed by atoms with Gasteiger partial charge in [-0.3, -0.25) is 4.79 Å². The Morgan fingerprint density at radius 1 is 1.38 bits per heavy atom. The number of nitrogens with zero attached hydrogens (tertiary/aromatic N) is 2. The van der Waals surface area contributed by atoms with Crippen LogP contribution in [0.5, 0.6) is 0 Å². The number of hydrogen-bond acceptors (Lipinski definition) is 4. The number of imidazole rings is 1. The van der Waals surface area contributed by atoms with Crippen molar-refractivity contribution in [1.29, 1.82) is 0 Å². The van der Waals surface area contributed by atoms with E-state index in [9.17, 15) is 18.3 Å². The molecule has 0 saturated heterocycles. The van der Waals surface area contributed by atoms with E-state index in [4.69, 9.17) is 0 Å². The summed E-state index contributed by atoms with van der Waals surface area (Å²) in [6.45, 7) is 0. The Bertz CT molecular complexity index is 725. The summed E-state index contributed by atoms with van der Waals surface area (Å²) in [5.74, 6) is -1.24. The summed E-state index contributed by atoms with van der Waals surface area (Å²) in [6, 6.07) is 7.57. The molecule has 1 aromatic heterocycles. The van der Waals surface area contributed by atoms with Crippen LogP contribution in [0.15, 0.2) is 47.9 Å². The molecule has 0 bridgehead atoms. The van der Waals surface area contributed by atoms with Crippen molar-refractivity contribution >= 4 is 16.0 Å². The summed E-state index contributed by atoms with van der Waals surface area (Å²) in [5.41, 5.74) is 0.730. The van der Waals surface area contributed by atoms with Gasteiger partial charge in [-0.1, -0.05) is 30.3 Å².